The van der Waals surface area contributed by atoms with Crippen LogP contribution in [0.2, 0.25) is 0 Å². The minimum absolute atomic E-state index is 0.196. The highest BCUT2D eigenvalue weighted by molar-refractivity contribution is 5.10. The lowest BCUT2D eigenvalue weighted by atomic mass is 9.83. The molecule has 2 nitrogen and oxygen atoms in total. The predicted molar refractivity (Wildman–Crippen MR) is 72.5 cm³/mol. The zero-order chi connectivity index (χ0) is 12.4. The van der Waals surface area contributed by atoms with Gasteiger partial charge in [-0.25, -0.2) is 0 Å². The smallest absolute Gasteiger partial charge is 0.0723 e. The average Bonchev–Trinajstić information content (AvgIpc) is 2.73. The summed E-state index contributed by atoms with van der Waals surface area (Å²) >= 11 is 0. The van der Waals surface area contributed by atoms with Crippen molar-refractivity contribution in [2.75, 3.05) is 0 Å². The Labute approximate surface area is 110 Å². The van der Waals surface area contributed by atoms with Crippen LogP contribution in [0.15, 0.2) is 11.6 Å². The predicted octanol–water partition coefficient (Wildman–Crippen LogP) is 3.73. The third-order valence-corrected chi connectivity index (χ3v) is 5.02. The zero-order valence-electron chi connectivity index (χ0n) is 11.4. The molecule has 102 valence electrons. The molecule has 3 rings (SSSR count). The molecule has 2 fully saturated rings. The van der Waals surface area contributed by atoms with Crippen molar-refractivity contribution in [1.82, 2.24) is 0 Å². The Morgan fingerprint density at radius 1 is 1.11 bits per heavy atom. The maximum Gasteiger partial charge on any atom is 0.0723 e. The van der Waals surface area contributed by atoms with Gasteiger partial charge in [0.2, 0.25) is 0 Å². The Morgan fingerprint density at radius 3 is 2.72 bits per heavy atom. The van der Waals surface area contributed by atoms with Crippen LogP contribution in [-0.4, -0.2) is 22.9 Å². The molecule has 1 saturated heterocycles. The number of rotatable bonds is 2. The highest BCUT2D eigenvalue weighted by atomic mass is 16.5. The van der Waals surface area contributed by atoms with Gasteiger partial charge in [-0.3, -0.25) is 0 Å². The minimum Gasteiger partial charge on any atom is -0.389 e. The fourth-order valence-corrected chi connectivity index (χ4v) is 4.04. The maximum absolute atomic E-state index is 9.68. The van der Waals surface area contributed by atoms with Crippen LogP contribution in [0.5, 0.6) is 0 Å². The molecule has 1 N–H and O–H groups in total. The standard InChI is InChI=1S/C16H26O2/c17-14-6-4-5-13(11-14)12-15-7-10-16(18-15)8-2-1-3-9-16/h11,14-15,17H,1-10,12H2. The van der Waals surface area contributed by atoms with Gasteiger partial charge in [-0.2, -0.15) is 0 Å². The van der Waals surface area contributed by atoms with Gasteiger partial charge in [0.1, 0.15) is 0 Å². The molecule has 2 heteroatoms. The molecule has 0 aromatic rings. The van der Waals surface area contributed by atoms with E-state index in [1.165, 1.54) is 56.9 Å². The van der Waals surface area contributed by atoms with E-state index in [4.69, 9.17) is 4.74 Å². The molecular weight excluding hydrogens is 224 g/mol. The lowest BCUT2D eigenvalue weighted by Gasteiger charge is -2.33. The van der Waals surface area contributed by atoms with E-state index in [-0.39, 0.29) is 11.7 Å². The normalized spacial score (nSPS) is 35.7. The summed E-state index contributed by atoms with van der Waals surface area (Å²) in [6, 6.07) is 0. The summed E-state index contributed by atoms with van der Waals surface area (Å²) in [7, 11) is 0. The summed E-state index contributed by atoms with van der Waals surface area (Å²) in [5, 5.41) is 9.68. The number of aliphatic hydroxyl groups is 1. The summed E-state index contributed by atoms with van der Waals surface area (Å²) < 4.78 is 6.41. The van der Waals surface area contributed by atoms with E-state index in [9.17, 15) is 5.11 Å². The van der Waals surface area contributed by atoms with Crippen molar-refractivity contribution in [2.45, 2.75) is 88.4 Å². The first-order chi connectivity index (χ1) is 8.76. The lowest BCUT2D eigenvalue weighted by Crippen LogP contribution is -2.31. The molecule has 2 unspecified atom stereocenters. The van der Waals surface area contributed by atoms with E-state index >= 15 is 0 Å². The number of hydrogen-bond donors (Lipinski definition) is 1. The van der Waals surface area contributed by atoms with Gasteiger partial charge in [-0.05, 0) is 51.4 Å². The largest absolute Gasteiger partial charge is 0.389 e. The van der Waals surface area contributed by atoms with Gasteiger partial charge in [0, 0.05) is 0 Å². The zero-order valence-corrected chi connectivity index (χ0v) is 11.4. The minimum atomic E-state index is -0.196. The first-order valence-electron chi connectivity index (χ1n) is 7.81. The second-order valence-electron chi connectivity index (χ2n) is 6.51. The van der Waals surface area contributed by atoms with E-state index in [1.807, 2.05) is 0 Å². The van der Waals surface area contributed by atoms with Crippen LogP contribution in [0, 0.1) is 0 Å². The van der Waals surface area contributed by atoms with Crippen molar-refractivity contribution >= 4 is 0 Å². The number of aliphatic hydroxyl groups excluding tert-OH is 1. The monoisotopic (exact) mass is 250 g/mol. The fourth-order valence-electron chi connectivity index (χ4n) is 4.04. The average molecular weight is 250 g/mol. The molecule has 1 aliphatic heterocycles. The Morgan fingerprint density at radius 2 is 1.94 bits per heavy atom. The molecule has 0 aromatic carbocycles. The van der Waals surface area contributed by atoms with Crippen molar-refractivity contribution in [1.29, 1.82) is 0 Å². The van der Waals surface area contributed by atoms with E-state index in [2.05, 4.69) is 6.08 Å². The molecule has 18 heavy (non-hydrogen) atoms. The maximum atomic E-state index is 9.68. The highest BCUT2D eigenvalue weighted by Crippen LogP contribution is 2.43. The summed E-state index contributed by atoms with van der Waals surface area (Å²) in [6.45, 7) is 0. The third-order valence-electron chi connectivity index (χ3n) is 5.02. The molecule has 2 aliphatic carbocycles. The van der Waals surface area contributed by atoms with Crippen LogP contribution in [0.25, 0.3) is 0 Å². The molecule has 1 spiro atoms. The Bertz CT molecular complexity index is 315. The molecular formula is C16H26O2. The quantitative estimate of drug-likeness (QED) is 0.757. The third kappa shape index (κ3) is 2.80. The summed E-state index contributed by atoms with van der Waals surface area (Å²) in [6.07, 6.45) is 15.8. The highest BCUT2D eigenvalue weighted by Gasteiger charge is 2.40. The van der Waals surface area contributed by atoms with Crippen LogP contribution in [0.3, 0.4) is 0 Å². The van der Waals surface area contributed by atoms with Crippen molar-refractivity contribution in [2.24, 2.45) is 0 Å². The molecule has 0 bridgehead atoms. The molecule has 0 amide bonds. The van der Waals surface area contributed by atoms with E-state index in [0.717, 1.165) is 19.3 Å². The molecule has 2 atom stereocenters. The number of hydrogen-bond acceptors (Lipinski definition) is 2. The Hall–Kier alpha value is -0.340. The van der Waals surface area contributed by atoms with E-state index in [1.54, 1.807) is 0 Å². The van der Waals surface area contributed by atoms with Gasteiger partial charge in [0.25, 0.3) is 0 Å². The fraction of sp³-hybridized carbons (Fsp3) is 0.875. The summed E-state index contributed by atoms with van der Waals surface area (Å²) in [5.41, 5.74) is 1.68. The van der Waals surface area contributed by atoms with Crippen LogP contribution >= 0.6 is 0 Å². The Balaban J connectivity index is 1.55. The molecule has 3 aliphatic rings. The SMILES string of the molecule is OC1C=C(CC2CCC3(CCCCC3)O2)CCC1. The molecule has 0 radical (unpaired) electrons. The van der Waals surface area contributed by atoms with Gasteiger partial charge >= 0.3 is 0 Å². The van der Waals surface area contributed by atoms with E-state index < -0.39 is 0 Å². The van der Waals surface area contributed by atoms with Gasteiger partial charge < -0.3 is 9.84 Å². The first-order valence-corrected chi connectivity index (χ1v) is 7.81. The second kappa shape index (κ2) is 5.34. The summed E-state index contributed by atoms with van der Waals surface area (Å²) in [5.74, 6) is 0. The van der Waals surface area contributed by atoms with E-state index in [0.29, 0.717) is 6.10 Å². The van der Waals surface area contributed by atoms with Crippen LogP contribution in [-0.2, 0) is 4.74 Å². The summed E-state index contributed by atoms with van der Waals surface area (Å²) in [4.78, 5) is 0. The molecule has 0 aromatic heterocycles. The topological polar surface area (TPSA) is 29.5 Å². The van der Waals surface area contributed by atoms with Crippen molar-refractivity contribution in [3.8, 4) is 0 Å². The van der Waals surface area contributed by atoms with Crippen molar-refractivity contribution in [3.63, 3.8) is 0 Å². The number of ether oxygens (including phenoxy) is 1. The van der Waals surface area contributed by atoms with Gasteiger partial charge in [-0.1, -0.05) is 30.9 Å². The first kappa shape index (κ1) is 12.7. The second-order valence-corrected chi connectivity index (χ2v) is 6.51. The van der Waals surface area contributed by atoms with Gasteiger partial charge in [0.05, 0.1) is 17.8 Å². The van der Waals surface area contributed by atoms with Crippen LogP contribution in [0.4, 0.5) is 0 Å². The van der Waals surface area contributed by atoms with Crippen molar-refractivity contribution in [3.05, 3.63) is 11.6 Å². The van der Waals surface area contributed by atoms with Gasteiger partial charge in [0.15, 0.2) is 0 Å². The van der Waals surface area contributed by atoms with Crippen molar-refractivity contribution < 1.29 is 9.84 Å². The Kier molecular flexibility index (Phi) is 3.76. The van der Waals surface area contributed by atoms with Crippen LogP contribution in [0.1, 0.15) is 70.6 Å². The van der Waals surface area contributed by atoms with Crippen LogP contribution < -0.4 is 0 Å². The lowest BCUT2D eigenvalue weighted by molar-refractivity contribution is -0.0631. The molecule has 1 saturated carbocycles. The molecule has 1 heterocycles. The van der Waals surface area contributed by atoms with Gasteiger partial charge in [-0.15, -0.1) is 0 Å².